The highest BCUT2D eigenvalue weighted by Crippen LogP contribution is 2.29. The van der Waals surface area contributed by atoms with Crippen LogP contribution in [0.1, 0.15) is 18.3 Å². The minimum atomic E-state index is 0.568. The monoisotopic (exact) mass is 260 g/mol. The maximum atomic E-state index is 5.57. The van der Waals surface area contributed by atoms with E-state index in [0.29, 0.717) is 12.4 Å². The van der Waals surface area contributed by atoms with Gasteiger partial charge in [0.25, 0.3) is 0 Å². The van der Waals surface area contributed by atoms with E-state index in [0.717, 1.165) is 30.0 Å². The van der Waals surface area contributed by atoms with Crippen molar-refractivity contribution in [1.82, 2.24) is 14.8 Å². The van der Waals surface area contributed by atoms with Gasteiger partial charge < -0.3 is 10.5 Å². The molecule has 1 aromatic carbocycles. The van der Waals surface area contributed by atoms with Crippen molar-refractivity contribution in [2.45, 2.75) is 19.8 Å². The Balaban J connectivity index is 2.47. The Hall–Kier alpha value is -1.88. The van der Waals surface area contributed by atoms with Crippen LogP contribution >= 0.6 is 0 Å². The number of aryl methyl sites for hydroxylation is 2. The lowest BCUT2D eigenvalue weighted by molar-refractivity contribution is 0.416. The molecular weight excluding hydrogens is 240 g/mol. The number of ether oxygens (including phenoxy) is 1. The van der Waals surface area contributed by atoms with E-state index in [1.54, 1.807) is 11.8 Å². The fourth-order valence-corrected chi connectivity index (χ4v) is 2.03. The second-order valence-electron chi connectivity index (χ2n) is 4.40. The molecule has 2 rings (SSSR count). The van der Waals surface area contributed by atoms with Crippen LogP contribution in [0.15, 0.2) is 18.2 Å². The van der Waals surface area contributed by atoms with Gasteiger partial charge in [-0.1, -0.05) is 13.0 Å². The van der Waals surface area contributed by atoms with Gasteiger partial charge in [0.05, 0.1) is 12.7 Å². The van der Waals surface area contributed by atoms with Crippen LogP contribution in [-0.4, -0.2) is 28.4 Å². The van der Waals surface area contributed by atoms with Crippen LogP contribution < -0.4 is 10.5 Å². The molecule has 0 bridgehead atoms. The first-order chi connectivity index (χ1) is 9.19. The first-order valence-electron chi connectivity index (χ1n) is 6.46. The highest BCUT2D eigenvalue weighted by atomic mass is 16.5. The molecule has 0 unspecified atom stereocenters. The maximum Gasteiger partial charge on any atom is 0.185 e. The van der Waals surface area contributed by atoms with E-state index in [4.69, 9.17) is 10.5 Å². The second kappa shape index (κ2) is 5.84. The summed E-state index contributed by atoms with van der Waals surface area (Å²) in [5.74, 6) is 2.38. The van der Waals surface area contributed by atoms with Crippen LogP contribution in [0.2, 0.25) is 0 Å². The van der Waals surface area contributed by atoms with Crippen molar-refractivity contribution in [2.24, 2.45) is 12.8 Å². The van der Waals surface area contributed by atoms with Crippen LogP contribution in [0, 0.1) is 0 Å². The Kier molecular flexibility index (Phi) is 4.16. The molecule has 19 heavy (non-hydrogen) atoms. The molecule has 0 radical (unpaired) electrons. The summed E-state index contributed by atoms with van der Waals surface area (Å²) in [6.07, 6.45) is 1.69. The van der Waals surface area contributed by atoms with Gasteiger partial charge in [-0.3, -0.25) is 4.68 Å². The van der Waals surface area contributed by atoms with Gasteiger partial charge in [-0.25, -0.2) is 4.98 Å². The lowest BCUT2D eigenvalue weighted by atomic mass is 10.1. The molecule has 2 aromatic rings. The average molecular weight is 260 g/mol. The van der Waals surface area contributed by atoms with Gasteiger partial charge >= 0.3 is 0 Å². The first kappa shape index (κ1) is 13.5. The largest absolute Gasteiger partial charge is 0.496 e. The van der Waals surface area contributed by atoms with Crippen molar-refractivity contribution in [2.75, 3.05) is 13.7 Å². The van der Waals surface area contributed by atoms with Crippen molar-refractivity contribution in [3.8, 4) is 17.1 Å². The molecule has 0 aliphatic heterocycles. The summed E-state index contributed by atoms with van der Waals surface area (Å²) in [7, 11) is 3.55. The van der Waals surface area contributed by atoms with Crippen LogP contribution in [0.25, 0.3) is 11.4 Å². The Morgan fingerprint density at radius 3 is 2.79 bits per heavy atom. The molecule has 5 nitrogen and oxygen atoms in total. The van der Waals surface area contributed by atoms with Crippen molar-refractivity contribution < 1.29 is 4.74 Å². The van der Waals surface area contributed by atoms with E-state index in [1.165, 1.54) is 5.56 Å². The number of nitrogens with two attached hydrogens (primary N) is 1. The summed E-state index contributed by atoms with van der Waals surface area (Å²) >= 11 is 0. The first-order valence-corrected chi connectivity index (χ1v) is 6.46. The van der Waals surface area contributed by atoms with Gasteiger partial charge in [-0.2, -0.15) is 5.10 Å². The lowest BCUT2D eigenvalue weighted by Crippen LogP contribution is -2.08. The smallest absolute Gasteiger partial charge is 0.185 e. The molecule has 2 N–H and O–H groups in total. The van der Waals surface area contributed by atoms with E-state index in [-0.39, 0.29) is 0 Å². The van der Waals surface area contributed by atoms with E-state index >= 15 is 0 Å². The van der Waals surface area contributed by atoms with Gasteiger partial charge in [0.15, 0.2) is 5.82 Å². The number of benzene rings is 1. The molecule has 0 aliphatic rings. The maximum absolute atomic E-state index is 5.57. The van der Waals surface area contributed by atoms with Crippen molar-refractivity contribution >= 4 is 0 Å². The number of hydrogen-bond acceptors (Lipinski definition) is 4. The van der Waals surface area contributed by atoms with Gasteiger partial charge in [0.2, 0.25) is 0 Å². The zero-order chi connectivity index (χ0) is 13.8. The van der Waals surface area contributed by atoms with Gasteiger partial charge in [0, 0.05) is 13.5 Å². The molecule has 0 aliphatic carbocycles. The standard InChI is InChI=1S/C14H20N4O/c1-4-10-5-6-12(19-3)11(9-10)14-16-13(7-8-15)18(2)17-14/h5-6,9H,4,7-8,15H2,1-3H3. The predicted octanol–water partition coefficient (Wildman–Crippen LogP) is 1.55. The fraction of sp³-hybridized carbons (Fsp3) is 0.429. The zero-order valence-corrected chi connectivity index (χ0v) is 11.7. The Labute approximate surface area is 113 Å². The third-order valence-electron chi connectivity index (χ3n) is 3.13. The van der Waals surface area contributed by atoms with E-state index < -0.39 is 0 Å². The molecule has 0 fully saturated rings. The fourth-order valence-electron chi connectivity index (χ4n) is 2.03. The third-order valence-corrected chi connectivity index (χ3v) is 3.13. The van der Waals surface area contributed by atoms with Crippen LogP contribution in [-0.2, 0) is 19.9 Å². The topological polar surface area (TPSA) is 66.0 Å². The Morgan fingerprint density at radius 2 is 2.16 bits per heavy atom. The average Bonchev–Trinajstić information content (AvgIpc) is 2.80. The van der Waals surface area contributed by atoms with Crippen molar-refractivity contribution in [1.29, 1.82) is 0 Å². The minimum absolute atomic E-state index is 0.568. The quantitative estimate of drug-likeness (QED) is 0.886. The third kappa shape index (κ3) is 2.76. The Morgan fingerprint density at radius 1 is 1.37 bits per heavy atom. The number of nitrogens with zero attached hydrogens (tertiary/aromatic N) is 3. The molecule has 0 saturated carbocycles. The number of methoxy groups -OCH3 is 1. The Bertz CT molecular complexity index is 563. The van der Waals surface area contributed by atoms with Crippen LogP contribution in [0.5, 0.6) is 5.75 Å². The summed E-state index contributed by atoms with van der Waals surface area (Å²) in [6.45, 7) is 2.69. The molecule has 102 valence electrons. The number of aromatic nitrogens is 3. The van der Waals surface area contributed by atoms with Crippen molar-refractivity contribution in [3.05, 3.63) is 29.6 Å². The minimum Gasteiger partial charge on any atom is -0.496 e. The highest BCUT2D eigenvalue weighted by molar-refractivity contribution is 5.65. The number of hydrogen-bond donors (Lipinski definition) is 1. The summed E-state index contributed by atoms with van der Waals surface area (Å²) in [5, 5.41) is 4.45. The molecule has 1 aromatic heterocycles. The van der Waals surface area contributed by atoms with Gasteiger partial charge in [-0.15, -0.1) is 0 Å². The molecule has 1 heterocycles. The molecule has 0 atom stereocenters. The van der Waals surface area contributed by atoms with Crippen molar-refractivity contribution in [3.63, 3.8) is 0 Å². The number of rotatable bonds is 5. The van der Waals surface area contributed by atoms with Crippen LogP contribution in [0.3, 0.4) is 0 Å². The van der Waals surface area contributed by atoms with Gasteiger partial charge in [0.1, 0.15) is 11.6 Å². The summed E-state index contributed by atoms with van der Waals surface area (Å²) in [6, 6.07) is 6.11. The zero-order valence-electron chi connectivity index (χ0n) is 11.7. The van der Waals surface area contributed by atoms with E-state index in [9.17, 15) is 0 Å². The summed E-state index contributed by atoms with van der Waals surface area (Å²) in [5.41, 5.74) is 7.74. The molecule has 5 heteroatoms. The van der Waals surface area contributed by atoms with Crippen LogP contribution in [0.4, 0.5) is 0 Å². The molecule has 0 amide bonds. The predicted molar refractivity (Wildman–Crippen MR) is 75.1 cm³/mol. The highest BCUT2D eigenvalue weighted by Gasteiger charge is 2.13. The summed E-state index contributed by atoms with van der Waals surface area (Å²) in [4.78, 5) is 4.55. The SMILES string of the molecule is CCc1ccc(OC)c(-c2nc(CCN)n(C)n2)c1. The molecular formula is C14H20N4O. The van der Waals surface area contributed by atoms with E-state index in [2.05, 4.69) is 29.1 Å². The normalized spacial score (nSPS) is 10.7. The second-order valence-corrected chi connectivity index (χ2v) is 4.40. The summed E-state index contributed by atoms with van der Waals surface area (Å²) < 4.78 is 7.17. The van der Waals surface area contributed by atoms with Gasteiger partial charge in [-0.05, 0) is 30.7 Å². The van der Waals surface area contributed by atoms with E-state index in [1.807, 2.05) is 13.1 Å². The lowest BCUT2D eigenvalue weighted by Gasteiger charge is -2.07. The molecule has 0 saturated heterocycles. The molecule has 0 spiro atoms.